The van der Waals surface area contributed by atoms with Crippen LogP contribution in [0.25, 0.3) is 0 Å². The molecule has 0 aromatic rings. The Morgan fingerprint density at radius 1 is 1.62 bits per heavy atom. The second kappa shape index (κ2) is 5.16. The summed E-state index contributed by atoms with van der Waals surface area (Å²) in [7, 11) is 0. The fourth-order valence-corrected chi connectivity index (χ4v) is 1.61. The molecule has 0 aliphatic carbocycles. The maximum Gasteiger partial charge on any atom is 0.410 e. The Morgan fingerprint density at radius 3 is 2.88 bits per heavy atom. The van der Waals surface area contributed by atoms with Gasteiger partial charge in [-0.3, -0.25) is 5.21 Å². The van der Waals surface area contributed by atoms with Crippen molar-refractivity contribution in [3.63, 3.8) is 0 Å². The molecule has 0 aromatic carbocycles. The first-order valence-corrected chi connectivity index (χ1v) is 5.36. The van der Waals surface area contributed by atoms with Crippen LogP contribution in [0.5, 0.6) is 0 Å². The normalized spacial score (nSPS) is 21.5. The van der Waals surface area contributed by atoms with Crippen molar-refractivity contribution >= 4 is 12.3 Å². The number of likely N-dealkylation sites (tertiary alicyclic amines) is 1. The molecule has 1 amide bonds. The molecule has 16 heavy (non-hydrogen) atoms. The Morgan fingerprint density at radius 2 is 2.31 bits per heavy atom. The average molecular weight is 229 g/mol. The van der Waals surface area contributed by atoms with Gasteiger partial charge in [-0.2, -0.15) is 10.7 Å². The Balaban J connectivity index is 2.57. The summed E-state index contributed by atoms with van der Waals surface area (Å²) in [6, 6.07) is -0.102. The van der Waals surface area contributed by atoms with E-state index in [4.69, 9.17) is 9.94 Å². The van der Waals surface area contributed by atoms with Crippen LogP contribution in [0.1, 0.15) is 33.6 Å². The lowest BCUT2D eigenvalue weighted by Gasteiger charge is -2.26. The van der Waals surface area contributed by atoms with Crippen molar-refractivity contribution in [2.45, 2.75) is 45.3 Å². The van der Waals surface area contributed by atoms with Crippen molar-refractivity contribution in [2.75, 3.05) is 6.54 Å². The van der Waals surface area contributed by atoms with E-state index in [1.165, 1.54) is 6.21 Å². The maximum atomic E-state index is 11.8. The Bertz CT molecular complexity index is 273. The Kier molecular flexibility index (Phi) is 4.12. The molecule has 6 nitrogen and oxygen atoms in total. The molecule has 0 saturated carbocycles. The molecule has 6 heteroatoms. The van der Waals surface area contributed by atoms with Gasteiger partial charge in [0.05, 0.1) is 6.04 Å². The number of hydrogen-bond acceptors (Lipinski definition) is 5. The monoisotopic (exact) mass is 229 g/mol. The van der Waals surface area contributed by atoms with Crippen molar-refractivity contribution < 1.29 is 14.7 Å². The van der Waals surface area contributed by atoms with Gasteiger partial charge >= 0.3 is 6.09 Å². The predicted molar refractivity (Wildman–Crippen MR) is 59.4 cm³/mol. The summed E-state index contributed by atoms with van der Waals surface area (Å²) in [6.07, 6.45) is 2.93. The van der Waals surface area contributed by atoms with E-state index in [2.05, 4.69) is 5.10 Å². The van der Waals surface area contributed by atoms with Crippen LogP contribution in [-0.4, -0.2) is 40.6 Å². The van der Waals surface area contributed by atoms with Gasteiger partial charge in [0.25, 0.3) is 0 Å². The van der Waals surface area contributed by atoms with E-state index in [1.807, 2.05) is 20.8 Å². The van der Waals surface area contributed by atoms with Gasteiger partial charge in [0.1, 0.15) is 5.60 Å². The third-order valence-corrected chi connectivity index (χ3v) is 2.23. The van der Waals surface area contributed by atoms with E-state index >= 15 is 0 Å². The fraction of sp³-hybridized carbons (Fsp3) is 0.800. The highest BCUT2D eigenvalue weighted by Crippen LogP contribution is 2.19. The smallest absolute Gasteiger partial charge is 0.410 e. The molecule has 1 fully saturated rings. The third kappa shape index (κ3) is 3.69. The van der Waals surface area contributed by atoms with E-state index in [0.717, 1.165) is 12.8 Å². The molecule has 1 unspecified atom stereocenters. The second-order valence-electron chi connectivity index (χ2n) is 4.76. The lowest BCUT2D eigenvalue weighted by Crippen LogP contribution is -2.40. The van der Waals surface area contributed by atoms with Crippen molar-refractivity contribution in [1.29, 1.82) is 0 Å². The summed E-state index contributed by atoms with van der Waals surface area (Å²) in [4.78, 5) is 13.4. The Hall–Kier alpha value is -1.30. The molecular weight excluding hydrogens is 210 g/mol. The summed E-state index contributed by atoms with van der Waals surface area (Å²) in [5, 5.41) is 11.9. The van der Waals surface area contributed by atoms with Gasteiger partial charge in [-0.05, 0) is 33.6 Å². The van der Waals surface area contributed by atoms with Gasteiger partial charge in [-0.25, -0.2) is 4.79 Å². The molecule has 1 atom stereocenters. The van der Waals surface area contributed by atoms with Crippen LogP contribution in [0.15, 0.2) is 5.10 Å². The van der Waals surface area contributed by atoms with E-state index in [9.17, 15) is 4.79 Å². The van der Waals surface area contributed by atoms with Crippen molar-refractivity contribution in [2.24, 2.45) is 5.10 Å². The molecular formula is C10H19N3O3. The molecule has 0 bridgehead atoms. The van der Waals surface area contributed by atoms with Gasteiger partial charge in [0, 0.05) is 12.8 Å². The first-order chi connectivity index (χ1) is 7.44. The fourth-order valence-electron chi connectivity index (χ4n) is 1.61. The zero-order valence-corrected chi connectivity index (χ0v) is 9.93. The minimum absolute atomic E-state index is 0.102. The van der Waals surface area contributed by atoms with Gasteiger partial charge in [-0.1, -0.05) is 0 Å². The molecule has 1 aliphatic heterocycles. The number of carbonyl (C=O) groups excluding carboxylic acids is 1. The second-order valence-corrected chi connectivity index (χ2v) is 4.76. The number of hydrazone groups is 1. The lowest BCUT2D eigenvalue weighted by molar-refractivity contribution is 0.0267. The third-order valence-electron chi connectivity index (χ3n) is 2.23. The van der Waals surface area contributed by atoms with Crippen molar-refractivity contribution in [3.05, 3.63) is 0 Å². The van der Waals surface area contributed by atoms with Crippen molar-refractivity contribution in [1.82, 2.24) is 10.5 Å². The van der Waals surface area contributed by atoms with Crippen LogP contribution in [0, 0.1) is 0 Å². The summed E-state index contributed by atoms with van der Waals surface area (Å²) < 4.78 is 5.27. The van der Waals surface area contributed by atoms with Crippen LogP contribution >= 0.6 is 0 Å². The summed E-state index contributed by atoms with van der Waals surface area (Å²) in [5.74, 6) is 0. The zero-order chi connectivity index (χ0) is 12.2. The molecule has 92 valence electrons. The van der Waals surface area contributed by atoms with Crippen molar-refractivity contribution in [3.8, 4) is 0 Å². The van der Waals surface area contributed by atoms with Gasteiger partial charge in [0.2, 0.25) is 0 Å². The number of amides is 1. The topological polar surface area (TPSA) is 74.2 Å². The van der Waals surface area contributed by atoms with Crippen LogP contribution in [0.3, 0.4) is 0 Å². The molecule has 0 aromatic heterocycles. The molecule has 1 aliphatic rings. The molecule has 1 saturated heterocycles. The standard InChI is InChI=1S/C10H19N3O3/c1-10(2,3)16-9(14)13-6-4-5-8(13)7-11-12-15/h7-8,12,15H,4-6H2,1-3H3/b11-7+. The van der Waals surface area contributed by atoms with Crippen LogP contribution in [-0.2, 0) is 4.74 Å². The lowest BCUT2D eigenvalue weighted by atomic mass is 10.2. The van der Waals surface area contributed by atoms with Crippen LogP contribution < -0.4 is 5.59 Å². The molecule has 1 heterocycles. The number of ether oxygens (including phenoxy) is 1. The first-order valence-electron chi connectivity index (χ1n) is 5.36. The highest BCUT2D eigenvalue weighted by atomic mass is 16.6. The quantitative estimate of drug-likeness (QED) is 0.553. The molecule has 1 rings (SSSR count). The SMILES string of the molecule is CC(C)(C)OC(=O)N1CCCC1/C=N/NO. The number of rotatable bonds is 2. The highest BCUT2D eigenvalue weighted by Gasteiger charge is 2.31. The largest absolute Gasteiger partial charge is 0.444 e. The van der Waals surface area contributed by atoms with E-state index in [1.54, 1.807) is 10.5 Å². The number of nitrogens with zero attached hydrogens (tertiary/aromatic N) is 2. The first kappa shape index (κ1) is 12.8. The van der Waals surface area contributed by atoms with Gasteiger partial charge < -0.3 is 9.64 Å². The molecule has 2 N–H and O–H groups in total. The minimum atomic E-state index is -0.489. The molecule has 0 radical (unpaired) electrons. The van der Waals surface area contributed by atoms with Crippen LogP contribution in [0.2, 0.25) is 0 Å². The maximum absolute atomic E-state index is 11.8. The molecule has 0 spiro atoms. The van der Waals surface area contributed by atoms with Gasteiger partial charge in [0.15, 0.2) is 0 Å². The van der Waals surface area contributed by atoms with E-state index < -0.39 is 5.60 Å². The van der Waals surface area contributed by atoms with Crippen LogP contribution in [0.4, 0.5) is 4.79 Å². The number of nitrogens with one attached hydrogen (secondary N) is 1. The average Bonchev–Trinajstić information content (AvgIpc) is 2.59. The minimum Gasteiger partial charge on any atom is -0.444 e. The van der Waals surface area contributed by atoms with Gasteiger partial charge in [-0.15, -0.1) is 0 Å². The Labute approximate surface area is 95.2 Å². The number of carbonyl (C=O) groups is 1. The summed E-state index contributed by atoms with van der Waals surface area (Å²) in [6.45, 7) is 6.16. The summed E-state index contributed by atoms with van der Waals surface area (Å²) >= 11 is 0. The van der Waals surface area contributed by atoms with E-state index in [0.29, 0.717) is 6.54 Å². The van der Waals surface area contributed by atoms with E-state index in [-0.39, 0.29) is 12.1 Å². The summed E-state index contributed by atoms with van der Waals surface area (Å²) in [5.41, 5.74) is 1.20. The number of hydrogen-bond donors (Lipinski definition) is 2. The highest BCUT2D eigenvalue weighted by molar-refractivity contribution is 5.76. The predicted octanol–water partition coefficient (Wildman–Crippen LogP) is 1.35. The zero-order valence-electron chi connectivity index (χ0n) is 9.93.